The van der Waals surface area contributed by atoms with Crippen LogP contribution in [0, 0.1) is 11.3 Å². The van der Waals surface area contributed by atoms with Crippen LogP contribution in [0.1, 0.15) is 24.1 Å². The van der Waals surface area contributed by atoms with E-state index in [2.05, 4.69) is 10.6 Å². The van der Waals surface area contributed by atoms with Crippen molar-refractivity contribution in [1.82, 2.24) is 14.9 Å². The molecule has 3 fully saturated rings. The van der Waals surface area contributed by atoms with Crippen molar-refractivity contribution in [3.8, 4) is 0 Å². The number of carbonyl (C=O) groups is 1. The van der Waals surface area contributed by atoms with Crippen LogP contribution >= 0.6 is 23.7 Å². The largest absolute Gasteiger partial charge is 0.379 e. The lowest BCUT2D eigenvalue weighted by atomic mass is 9.92. The van der Waals surface area contributed by atoms with E-state index in [0.29, 0.717) is 37.1 Å². The fourth-order valence-electron chi connectivity index (χ4n) is 4.00. The van der Waals surface area contributed by atoms with E-state index in [4.69, 9.17) is 4.74 Å². The molecule has 1 aromatic heterocycles. The molecule has 27 heavy (non-hydrogen) atoms. The summed E-state index contributed by atoms with van der Waals surface area (Å²) in [4.78, 5) is 13.3. The average Bonchev–Trinajstić information content (AvgIpc) is 3.13. The Hall–Kier alpha value is -0.710. The zero-order valence-corrected chi connectivity index (χ0v) is 17.6. The Morgan fingerprint density at radius 3 is 2.70 bits per heavy atom. The minimum absolute atomic E-state index is 0. The molecule has 0 aromatic carbocycles. The Bertz CT molecular complexity index is 771. The fourth-order valence-corrected chi connectivity index (χ4v) is 6.86. The molecule has 3 heterocycles. The third-order valence-corrected chi connectivity index (χ3v) is 9.19. The van der Waals surface area contributed by atoms with Crippen molar-refractivity contribution < 1.29 is 17.9 Å². The zero-order valence-electron chi connectivity index (χ0n) is 15.1. The van der Waals surface area contributed by atoms with Crippen molar-refractivity contribution >= 4 is 39.7 Å². The number of halogens is 1. The molecule has 1 spiro atoms. The van der Waals surface area contributed by atoms with Gasteiger partial charge in [0.25, 0.3) is 10.0 Å². The first-order valence-corrected chi connectivity index (χ1v) is 11.4. The minimum Gasteiger partial charge on any atom is -0.379 e. The van der Waals surface area contributed by atoms with E-state index < -0.39 is 10.0 Å². The molecule has 1 aliphatic carbocycles. The maximum atomic E-state index is 12.6. The second-order valence-electron chi connectivity index (χ2n) is 7.32. The van der Waals surface area contributed by atoms with Crippen molar-refractivity contribution in [3.05, 3.63) is 17.0 Å². The van der Waals surface area contributed by atoms with Crippen LogP contribution in [0.15, 0.2) is 16.3 Å². The topological polar surface area (TPSA) is 87.7 Å². The standard InChI is InChI=1S/C17H25N3O4S2.ClH/c21-16(14-11-17(14)3-5-18-6-4-17)19-12-13-1-2-15(25-13)26(22,23)20-7-9-24-10-8-20;/h1-2,14,18H,3-12H2,(H,19,21);1H. The summed E-state index contributed by atoms with van der Waals surface area (Å²) in [7, 11) is -3.45. The van der Waals surface area contributed by atoms with E-state index in [9.17, 15) is 13.2 Å². The molecule has 3 aliphatic rings. The minimum atomic E-state index is -3.45. The number of nitrogens with one attached hydrogen (secondary N) is 2. The zero-order chi connectivity index (χ0) is 18.2. The predicted octanol–water partition coefficient (Wildman–Crippen LogP) is 1.20. The van der Waals surface area contributed by atoms with Crippen LogP contribution in [-0.4, -0.2) is 58.0 Å². The molecule has 1 atom stereocenters. The lowest BCUT2D eigenvalue weighted by Gasteiger charge is -2.25. The van der Waals surface area contributed by atoms with E-state index in [1.165, 1.54) is 15.6 Å². The number of piperidine rings is 1. The van der Waals surface area contributed by atoms with Crippen LogP contribution in [0.3, 0.4) is 0 Å². The summed E-state index contributed by atoms with van der Waals surface area (Å²) in [6, 6.07) is 3.44. The van der Waals surface area contributed by atoms with Gasteiger partial charge >= 0.3 is 0 Å². The molecule has 0 bridgehead atoms. The Morgan fingerprint density at radius 1 is 1.30 bits per heavy atom. The van der Waals surface area contributed by atoms with Gasteiger partial charge in [0, 0.05) is 23.9 Å². The van der Waals surface area contributed by atoms with Crippen LogP contribution in [0.25, 0.3) is 0 Å². The van der Waals surface area contributed by atoms with Gasteiger partial charge in [0.15, 0.2) is 0 Å². The van der Waals surface area contributed by atoms with Gasteiger partial charge in [0.2, 0.25) is 5.91 Å². The normalized spacial score (nSPS) is 25.0. The molecule has 7 nitrogen and oxygen atoms in total. The van der Waals surface area contributed by atoms with Crippen molar-refractivity contribution in [1.29, 1.82) is 0 Å². The highest BCUT2D eigenvalue weighted by Gasteiger charge is 2.57. The summed E-state index contributed by atoms with van der Waals surface area (Å²) in [5, 5.41) is 6.34. The lowest BCUT2D eigenvalue weighted by Crippen LogP contribution is -2.40. The second-order valence-corrected chi connectivity index (χ2v) is 10.7. The van der Waals surface area contributed by atoms with Crippen LogP contribution < -0.4 is 10.6 Å². The number of hydrogen-bond donors (Lipinski definition) is 2. The number of carbonyl (C=O) groups excluding carboxylic acids is 1. The molecule has 1 aromatic rings. The number of morpholine rings is 1. The number of amides is 1. The summed E-state index contributed by atoms with van der Waals surface area (Å²) in [5.74, 6) is 0.235. The molecule has 2 N–H and O–H groups in total. The van der Waals surface area contributed by atoms with Gasteiger partial charge in [-0.1, -0.05) is 0 Å². The highest BCUT2D eigenvalue weighted by molar-refractivity contribution is 7.91. The van der Waals surface area contributed by atoms with Crippen molar-refractivity contribution in [2.24, 2.45) is 11.3 Å². The molecular formula is C17H26ClN3O4S2. The van der Waals surface area contributed by atoms with Crippen molar-refractivity contribution in [2.75, 3.05) is 39.4 Å². The Morgan fingerprint density at radius 2 is 2.00 bits per heavy atom. The van der Waals surface area contributed by atoms with Crippen LogP contribution in [0.2, 0.25) is 0 Å². The third kappa shape index (κ3) is 4.33. The number of thiophene rings is 1. The van der Waals surface area contributed by atoms with E-state index >= 15 is 0 Å². The van der Waals surface area contributed by atoms with Gasteiger partial charge in [-0.05, 0) is 49.9 Å². The Balaban J connectivity index is 0.00000210. The molecule has 1 unspecified atom stereocenters. The molecular weight excluding hydrogens is 410 g/mol. The summed E-state index contributed by atoms with van der Waals surface area (Å²) in [5.41, 5.74) is 0.218. The highest BCUT2D eigenvalue weighted by Crippen LogP contribution is 2.58. The monoisotopic (exact) mass is 435 g/mol. The van der Waals surface area contributed by atoms with Crippen molar-refractivity contribution in [3.63, 3.8) is 0 Å². The fraction of sp³-hybridized carbons (Fsp3) is 0.706. The second kappa shape index (κ2) is 8.34. The molecule has 2 saturated heterocycles. The van der Waals surface area contributed by atoms with E-state index in [1.54, 1.807) is 12.1 Å². The van der Waals surface area contributed by atoms with Gasteiger partial charge in [0.05, 0.1) is 19.8 Å². The van der Waals surface area contributed by atoms with Gasteiger partial charge in [-0.25, -0.2) is 8.42 Å². The first-order chi connectivity index (χ1) is 12.5. The van der Waals surface area contributed by atoms with E-state index in [0.717, 1.165) is 37.2 Å². The number of ether oxygens (including phenoxy) is 1. The summed E-state index contributed by atoms with van der Waals surface area (Å²) < 4.78 is 32.3. The maximum absolute atomic E-state index is 12.6. The predicted molar refractivity (Wildman–Crippen MR) is 106 cm³/mol. The first-order valence-electron chi connectivity index (χ1n) is 9.16. The van der Waals surface area contributed by atoms with Gasteiger partial charge < -0.3 is 15.4 Å². The third-order valence-electron chi connectivity index (χ3n) is 5.74. The number of rotatable bonds is 5. The molecule has 0 radical (unpaired) electrons. The Kier molecular flexibility index (Phi) is 6.49. The highest BCUT2D eigenvalue weighted by atomic mass is 35.5. The molecule has 10 heteroatoms. The number of sulfonamides is 1. The summed E-state index contributed by atoms with van der Waals surface area (Å²) >= 11 is 1.24. The smallest absolute Gasteiger partial charge is 0.252 e. The number of nitrogens with zero attached hydrogens (tertiary/aromatic N) is 1. The van der Waals surface area contributed by atoms with Crippen LogP contribution in [0.5, 0.6) is 0 Å². The van der Waals surface area contributed by atoms with Gasteiger partial charge in [-0.2, -0.15) is 4.31 Å². The number of hydrogen-bond acceptors (Lipinski definition) is 6. The van der Waals surface area contributed by atoms with Crippen LogP contribution in [0.4, 0.5) is 0 Å². The molecule has 1 saturated carbocycles. The maximum Gasteiger partial charge on any atom is 0.252 e. The van der Waals surface area contributed by atoms with Gasteiger partial charge in [0.1, 0.15) is 4.21 Å². The molecule has 2 aliphatic heterocycles. The van der Waals surface area contributed by atoms with E-state index in [1.807, 2.05) is 0 Å². The quantitative estimate of drug-likeness (QED) is 0.725. The van der Waals surface area contributed by atoms with Gasteiger partial charge in [-0.3, -0.25) is 4.79 Å². The van der Waals surface area contributed by atoms with Crippen LogP contribution in [-0.2, 0) is 26.1 Å². The lowest BCUT2D eigenvalue weighted by molar-refractivity contribution is -0.123. The molecule has 1 amide bonds. The van der Waals surface area contributed by atoms with E-state index in [-0.39, 0.29) is 29.6 Å². The average molecular weight is 436 g/mol. The molecule has 152 valence electrons. The SMILES string of the molecule is Cl.O=C(NCc1ccc(S(=O)(=O)N2CCOCC2)s1)C1CC12CCNCC2. The first kappa shape index (κ1) is 21.0. The van der Waals surface area contributed by atoms with Gasteiger partial charge in [-0.15, -0.1) is 23.7 Å². The van der Waals surface area contributed by atoms with Crippen molar-refractivity contribution in [2.45, 2.75) is 30.0 Å². The Labute approximate surface area is 170 Å². The summed E-state index contributed by atoms with van der Waals surface area (Å²) in [6.07, 6.45) is 3.14. The molecule has 4 rings (SSSR count). The summed E-state index contributed by atoms with van der Waals surface area (Å²) in [6.45, 7) is 4.05.